The first-order chi connectivity index (χ1) is 9.75. The predicted octanol–water partition coefficient (Wildman–Crippen LogP) is 3.25. The molecule has 2 aromatic rings. The topological polar surface area (TPSA) is 63.8 Å². The third-order valence-electron chi connectivity index (χ3n) is 2.89. The fraction of sp³-hybridized carbons (Fsp3) is 0.333. The van der Waals surface area contributed by atoms with Crippen LogP contribution in [0, 0.1) is 11.6 Å². The molecule has 0 spiro atoms. The molecule has 0 aliphatic heterocycles. The highest BCUT2D eigenvalue weighted by molar-refractivity contribution is 5.45. The van der Waals surface area contributed by atoms with E-state index in [2.05, 4.69) is 15.3 Å². The van der Waals surface area contributed by atoms with Gasteiger partial charge in [-0.1, -0.05) is 26.8 Å². The number of nitrogens with zero attached hydrogens (tertiary/aromatic N) is 2. The smallest absolute Gasteiger partial charge is 0.138 e. The van der Waals surface area contributed by atoms with Crippen LogP contribution in [0.4, 0.5) is 20.4 Å². The number of halogens is 2. The normalized spacial score (nSPS) is 11.5. The van der Waals surface area contributed by atoms with E-state index < -0.39 is 11.6 Å². The molecular weight excluding hydrogens is 274 g/mol. The van der Waals surface area contributed by atoms with Crippen molar-refractivity contribution in [3.63, 3.8) is 0 Å². The maximum Gasteiger partial charge on any atom is 0.138 e. The number of aromatic nitrogens is 2. The van der Waals surface area contributed by atoms with E-state index in [9.17, 15) is 8.78 Å². The summed E-state index contributed by atoms with van der Waals surface area (Å²) >= 11 is 0. The quantitative estimate of drug-likeness (QED) is 0.911. The first kappa shape index (κ1) is 15.2. The van der Waals surface area contributed by atoms with Crippen LogP contribution in [-0.2, 0) is 12.0 Å². The van der Waals surface area contributed by atoms with Crippen LogP contribution in [0.1, 0.15) is 32.2 Å². The molecule has 2 rings (SSSR count). The highest BCUT2D eigenvalue weighted by atomic mass is 19.1. The third kappa shape index (κ3) is 3.87. The lowest BCUT2D eigenvalue weighted by Crippen LogP contribution is -2.18. The Morgan fingerprint density at radius 3 is 2.48 bits per heavy atom. The minimum Gasteiger partial charge on any atom is -0.384 e. The number of nitrogens with two attached hydrogens (primary N) is 1. The molecule has 0 aliphatic carbocycles. The lowest BCUT2D eigenvalue weighted by molar-refractivity contribution is 0.546. The third-order valence-corrected chi connectivity index (χ3v) is 2.89. The molecular formula is C15H18F2N4. The first-order valence-corrected chi connectivity index (χ1v) is 6.58. The van der Waals surface area contributed by atoms with Crippen LogP contribution in [0.15, 0.2) is 24.3 Å². The summed E-state index contributed by atoms with van der Waals surface area (Å²) in [5, 5.41) is 2.98. The fourth-order valence-electron chi connectivity index (χ4n) is 1.74. The van der Waals surface area contributed by atoms with Crippen molar-refractivity contribution in [1.82, 2.24) is 9.97 Å². The van der Waals surface area contributed by atoms with Crippen LogP contribution >= 0.6 is 0 Å². The molecule has 1 heterocycles. The van der Waals surface area contributed by atoms with E-state index >= 15 is 0 Å². The van der Waals surface area contributed by atoms with Crippen molar-refractivity contribution in [2.45, 2.75) is 32.7 Å². The van der Waals surface area contributed by atoms with Crippen molar-refractivity contribution in [2.75, 3.05) is 11.1 Å². The van der Waals surface area contributed by atoms with Crippen molar-refractivity contribution in [1.29, 1.82) is 0 Å². The molecule has 0 atom stereocenters. The second-order valence-corrected chi connectivity index (χ2v) is 5.84. The van der Waals surface area contributed by atoms with Gasteiger partial charge in [-0.2, -0.15) is 0 Å². The van der Waals surface area contributed by atoms with Gasteiger partial charge in [0.15, 0.2) is 0 Å². The second kappa shape index (κ2) is 5.63. The summed E-state index contributed by atoms with van der Waals surface area (Å²) in [7, 11) is 0. The number of nitrogen functional groups attached to an aromatic ring is 1. The van der Waals surface area contributed by atoms with Crippen molar-refractivity contribution in [3.05, 3.63) is 47.3 Å². The molecule has 0 radical (unpaired) electrons. The molecule has 0 saturated carbocycles. The van der Waals surface area contributed by atoms with Crippen molar-refractivity contribution in [2.24, 2.45) is 0 Å². The van der Waals surface area contributed by atoms with Crippen LogP contribution in [-0.4, -0.2) is 9.97 Å². The Balaban J connectivity index is 2.18. The number of benzene rings is 1. The summed E-state index contributed by atoms with van der Waals surface area (Å²) in [5.74, 6) is 0.260. The summed E-state index contributed by atoms with van der Waals surface area (Å²) in [6, 6.07) is 5.05. The summed E-state index contributed by atoms with van der Waals surface area (Å²) < 4.78 is 26.4. The average molecular weight is 292 g/mol. The van der Waals surface area contributed by atoms with Gasteiger partial charge in [0.2, 0.25) is 0 Å². The summed E-state index contributed by atoms with van der Waals surface area (Å²) in [6.07, 6.45) is 0. The Morgan fingerprint density at radius 1 is 1.14 bits per heavy atom. The molecule has 0 aliphatic rings. The maximum absolute atomic E-state index is 13.6. The molecule has 0 bridgehead atoms. The lowest BCUT2D eigenvalue weighted by atomic mass is 9.96. The van der Waals surface area contributed by atoms with Gasteiger partial charge in [0, 0.05) is 29.7 Å². The number of hydrogen-bond donors (Lipinski definition) is 2. The zero-order valence-electron chi connectivity index (χ0n) is 12.2. The van der Waals surface area contributed by atoms with Gasteiger partial charge >= 0.3 is 0 Å². The van der Waals surface area contributed by atoms with E-state index in [0.29, 0.717) is 23.0 Å². The largest absolute Gasteiger partial charge is 0.384 e. The van der Waals surface area contributed by atoms with Gasteiger partial charge in [-0.25, -0.2) is 18.7 Å². The first-order valence-electron chi connectivity index (χ1n) is 6.58. The number of anilines is 2. The minimum absolute atomic E-state index is 0.187. The summed E-state index contributed by atoms with van der Waals surface area (Å²) in [6.45, 7) is 6.12. The van der Waals surface area contributed by atoms with Gasteiger partial charge in [-0.15, -0.1) is 0 Å². The Labute approximate surface area is 122 Å². The molecule has 1 aromatic carbocycles. The van der Waals surface area contributed by atoms with E-state index in [1.807, 2.05) is 20.8 Å². The SMILES string of the molecule is CC(C)(C)c1nc(N)cc(NCc2ccc(F)cc2F)n1. The van der Waals surface area contributed by atoms with Gasteiger partial charge < -0.3 is 11.1 Å². The highest BCUT2D eigenvalue weighted by Crippen LogP contribution is 2.21. The Morgan fingerprint density at radius 2 is 1.86 bits per heavy atom. The average Bonchev–Trinajstić information content (AvgIpc) is 2.36. The minimum atomic E-state index is -0.599. The van der Waals surface area contributed by atoms with Crippen LogP contribution < -0.4 is 11.1 Å². The van der Waals surface area contributed by atoms with Crippen LogP contribution in [0.5, 0.6) is 0 Å². The monoisotopic (exact) mass is 292 g/mol. The van der Waals surface area contributed by atoms with Gasteiger partial charge in [-0.05, 0) is 6.07 Å². The van der Waals surface area contributed by atoms with Crippen LogP contribution in [0.2, 0.25) is 0 Å². The number of nitrogens with one attached hydrogen (secondary N) is 1. The Hall–Kier alpha value is -2.24. The van der Waals surface area contributed by atoms with Gasteiger partial charge in [0.25, 0.3) is 0 Å². The van der Waals surface area contributed by atoms with Crippen molar-refractivity contribution >= 4 is 11.6 Å². The molecule has 0 saturated heterocycles. The highest BCUT2D eigenvalue weighted by Gasteiger charge is 2.18. The maximum atomic E-state index is 13.6. The van der Waals surface area contributed by atoms with Crippen LogP contribution in [0.3, 0.4) is 0 Å². The molecule has 6 heteroatoms. The summed E-state index contributed by atoms with van der Waals surface area (Å²) in [5.41, 5.74) is 5.87. The Kier molecular flexibility index (Phi) is 4.06. The standard InChI is InChI=1S/C15H18F2N4/c1-15(2,3)14-20-12(18)7-13(21-14)19-8-9-4-5-10(16)6-11(9)17/h4-7H,8H2,1-3H3,(H3,18,19,20,21). The molecule has 1 aromatic heterocycles. The Bertz CT molecular complexity index is 651. The molecule has 112 valence electrons. The number of hydrogen-bond acceptors (Lipinski definition) is 4. The molecule has 21 heavy (non-hydrogen) atoms. The summed E-state index contributed by atoms with van der Waals surface area (Å²) in [4.78, 5) is 8.56. The lowest BCUT2D eigenvalue weighted by Gasteiger charge is -2.18. The molecule has 3 N–H and O–H groups in total. The van der Waals surface area contributed by atoms with E-state index in [1.165, 1.54) is 12.1 Å². The van der Waals surface area contributed by atoms with Gasteiger partial charge in [-0.3, -0.25) is 0 Å². The van der Waals surface area contributed by atoms with Gasteiger partial charge in [0.05, 0.1) is 0 Å². The molecule has 0 fully saturated rings. The van der Waals surface area contributed by atoms with E-state index in [4.69, 9.17) is 5.73 Å². The second-order valence-electron chi connectivity index (χ2n) is 5.84. The zero-order valence-corrected chi connectivity index (χ0v) is 12.2. The fourth-order valence-corrected chi connectivity index (χ4v) is 1.74. The van der Waals surface area contributed by atoms with E-state index in [0.717, 1.165) is 6.07 Å². The van der Waals surface area contributed by atoms with Gasteiger partial charge in [0.1, 0.15) is 29.1 Å². The number of rotatable bonds is 3. The molecule has 0 amide bonds. The van der Waals surface area contributed by atoms with E-state index in [-0.39, 0.29) is 12.0 Å². The predicted molar refractivity (Wildman–Crippen MR) is 78.8 cm³/mol. The molecule has 0 unspecified atom stereocenters. The van der Waals surface area contributed by atoms with Crippen molar-refractivity contribution in [3.8, 4) is 0 Å². The molecule has 4 nitrogen and oxygen atoms in total. The zero-order chi connectivity index (χ0) is 15.6. The van der Waals surface area contributed by atoms with Crippen LogP contribution in [0.25, 0.3) is 0 Å². The van der Waals surface area contributed by atoms with Crippen molar-refractivity contribution < 1.29 is 8.78 Å². The van der Waals surface area contributed by atoms with E-state index in [1.54, 1.807) is 6.07 Å².